The van der Waals surface area contributed by atoms with E-state index in [9.17, 15) is 18.0 Å². The second-order valence-corrected chi connectivity index (χ2v) is 12.3. The fraction of sp³-hybridized carbons (Fsp3) is 0.440. The highest BCUT2D eigenvalue weighted by molar-refractivity contribution is 9.10. The smallest absolute Gasteiger partial charge is 0.242 e. The zero-order chi connectivity index (χ0) is 25.5. The molecular weight excluding hydrogens is 518 g/mol. The summed E-state index contributed by atoms with van der Waals surface area (Å²) in [5.41, 5.74) is 0.464. The Morgan fingerprint density at radius 3 is 2.29 bits per heavy atom. The third-order valence-electron chi connectivity index (χ3n) is 5.22. The maximum absolute atomic E-state index is 13.2. The van der Waals surface area contributed by atoms with Gasteiger partial charge in [-0.2, -0.15) is 0 Å². The van der Waals surface area contributed by atoms with Crippen molar-refractivity contribution >= 4 is 37.8 Å². The normalized spacial score (nSPS) is 12.9. The van der Waals surface area contributed by atoms with Crippen LogP contribution in [-0.2, 0) is 26.2 Å². The molecule has 2 amide bonds. The summed E-state index contributed by atoms with van der Waals surface area (Å²) >= 11 is 3.45. The maximum Gasteiger partial charge on any atom is 0.242 e. The van der Waals surface area contributed by atoms with Gasteiger partial charge in [0, 0.05) is 36.6 Å². The van der Waals surface area contributed by atoms with E-state index in [1.54, 1.807) is 42.2 Å². The van der Waals surface area contributed by atoms with Crippen molar-refractivity contribution < 1.29 is 18.0 Å². The summed E-state index contributed by atoms with van der Waals surface area (Å²) in [7, 11) is -2.12. The van der Waals surface area contributed by atoms with E-state index in [2.05, 4.69) is 21.2 Å². The standard InChI is InChI=1S/C25H34BrN3O4S/c1-19(24(31)27-25(2,3)4)29(18-20-11-9-12-21(26)17-20)23(30)15-10-16-28(5)34(32,33)22-13-7-6-8-14-22/h6-9,11-14,17,19H,10,15-16,18H2,1-5H3,(H,27,31)/t19-/m1/s1. The Balaban J connectivity index is 2.10. The van der Waals surface area contributed by atoms with Gasteiger partial charge in [0.15, 0.2) is 0 Å². The van der Waals surface area contributed by atoms with E-state index < -0.39 is 21.6 Å². The van der Waals surface area contributed by atoms with Gasteiger partial charge in [0.25, 0.3) is 0 Å². The van der Waals surface area contributed by atoms with E-state index >= 15 is 0 Å². The number of carbonyl (C=O) groups excluding carboxylic acids is 2. The molecule has 1 atom stereocenters. The predicted octanol–water partition coefficient (Wildman–Crippen LogP) is 4.18. The molecule has 2 aromatic rings. The summed E-state index contributed by atoms with van der Waals surface area (Å²) in [6, 6.07) is 15.1. The van der Waals surface area contributed by atoms with Crippen molar-refractivity contribution in [3.05, 3.63) is 64.6 Å². The first-order valence-electron chi connectivity index (χ1n) is 11.2. The van der Waals surface area contributed by atoms with Gasteiger partial charge in [-0.05, 0) is 63.9 Å². The van der Waals surface area contributed by atoms with E-state index in [0.717, 1.165) is 10.0 Å². The molecule has 0 spiro atoms. The highest BCUT2D eigenvalue weighted by Gasteiger charge is 2.28. The minimum absolute atomic E-state index is 0.121. The summed E-state index contributed by atoms with van der Waals surface area (Å²) in [5, 5.41) is 2.93. The van der Waals surface area contributed by atoms with Crippen molar-refractivity contribution in [2.75, 3.05) is 13.6 Å². The minimum Gasteiger partial charge on any atom is -0.350 e. The lowest BCUT2D eigenvalue weighted by Crippen LogP contribution is -2.52. The Labute approximate surface area is 211 Å². The zero-order valence-corrected chi connectivity index (χ0v) is 22.8. The first kappa shape index (κ1) is 28.0. The zero-order valence-electron chi connectivity index (χ0n) is 20.4. The van der Waals surface area contributed by atoms with Crippen molar-refractivity contribution in [3.8, 4) is 0 Å². The Morgan fingerprint density at radius 2 is 1.71 bits per heavy atom. The predicted molar refractivity (Wildman–Crippen MR) is 138 cm³/mol. The summed E-state index contributed by atoms with van der Waals surface area (Å²) < 4.78 is 27.6. The third-order valence-corrected chi connectivity index (χ3v) is 7.59. The van der Waals surface area contributed by atoms with Crippen molar-refractivity contribution in [2.24, 2.45) is 0 Å². The molecule has 9 heteroatoms. The second-order valence-electron chi connectivity index (χ2n) is 9.31. The number of hydrogen-bond acceptors (Lipinski definition) is 4. The number of nitrogens with zero attached hydrogens (tertiary/aromatic N) is 2. The van der Waals surface area contributed by atoms with Gasteiger partial charge in [-0.25, -0.2) is 12.7 Å². The molecular formula is C25H34BrN3O4S. The number of halogens is 1. The van der Waals surface area contributed by atoms with Crippen LogP contribution in [0.3, 0.4) is 0 Å². The highest BCUT2D eigenvalue weighted by atomic mass is 79.9. The average molecular weight is 553 g/mol. The van der Waals surface area contributed by atoms with E-state index in [4.69, 9.17) is 0 Å². The Bertz CT molecular complexity index is 1080. The molecule has 0 aromatic heterocycles. The lowest BCUT2D eigenvalue weighted by Gasteiger charge is -2.31. The van der Waals surface area contributed by atoms with Crippen LogP contribution in [0.2, 0.25) is 0 Å². The number of sulfonamides is 1. The molecule has 0 saturated carbocycles. The van der Waals surface area contributed by atoms with Gasteiger partial charge < -0.3 is 10.2 Å². The number of carbonyl (C=O) groups is 2. The van der Waals surface area contributed by atoms with Crippen LogP contribution < -0.4 is 5.32 Å². The average Bonchev–Trinajstić information content (AvgIpc) is 2.76. The van der Waals surface area contributed by atoms with Gasteiger partial charge in [-0.3, -0.25) is 9.59 Å². The topological polar surface area (TPSA) is 86.8 Å². The Hall–Kier alpha value is -2.23. The summed E-state index contributed by atoms with van der Waals surface area (Å²) in [5.74, 6) is -0.443. The Kier molecular flexibility index (Phi) is 9.84. The fourth-order valence-electron chi connectivity index (χ4n) is 3.38. The molecule has 0 saturated heterocycles. The summed E-state index contributed by atoms with van der Waals surface area (Å²) in [4.78, 5) is 27.8. The van der Waals surface area contributed by atoms with Crippen LogP contribution in [0.15, 0.2) is 64.0 Å². The highest BCUT2D eigenvalue weighted by Crippen LogP contribution is 2.18. The van der Waals surface area contributed by atoms with Gasteiger partial charge in [-0.15, -0.1) is 0 Å². The SMILES string of the molecule is C[C@H](C(=O)NC(C)(C)C)N(Cc1cccc(Br)c1)C(=O)CCCN(C)S(=O)(=O)c1ccccc1. The maximum atomic E-state index is 13.2. The lowest BCUT2D eigenvalue weighted by molar-refractivity contribution is -0.141. The number of hydrogen-bond donors (Lipinski definition) is 1. The van der Waals surface area contributed by atoms with Crippen molar-refractivity contribution in [1.29, 1.82) is 0 Å². The van der Waals surface area contributed by atoms with Crippen LogP contribution >= 0.6 is 15.9 Å². The molecule has 2 aromatic carbocycles. The first-order valence-corrected chi connectivity index (χ1v) is 13.4. The van der Waals surface area contributed by atoms with Crippen LogP contribution in [0.5, 0.6) is 0 Å². The van der Waals surface area contributed by atoms with Gasteiger partial charge >= 0.3 is 0 Å². The third kappa shape index (κ3) is 8.21. The minimum atomic E-state index is -3.62. The van der Waals surface area contributed by atoms with Gasteiger partial charge in [0.1, 0.15) is 6.04 Å². The first-order chi connectivity index (χ1) is 15.8. The number of benzene rings is 2. The van der Waals surface area contributed by atoms with Gasteiger partial charge in [0.05, 0.1) is 4.90 Å². The molecule has 0 aliphatic rings. The van der Waals surface area contributed by atoms with Crippen LogP contribution in [0.25, 0.3) is 0 Å². The van der Waals surface area contributed by atoms with Gasteiger partial charge in [0.2, 0.25) is 21.8 Å². The fourth-order valence-corrected chi connectivity index (χ4v) is 5.05. The molecule has 2 rings (SSSR count). The lowest BCUT2D eigenvalue weighted by atomic mass is 10.1. The van der Waals surface area contributed by atoms with E-state index in [1.807, 2.05) is 45.0 Å². The molecule has 7 nitrogen and oxygen atoms in total. The Morgan fingerprint density at radius 1 is 1.06 bits per heavy atom. The van der Waals surface area contributed by atoms with E-state index in [-0.39, 0.29) is 36.2 Å². The molecule has 0 radical (unpaired) electrons. The summed E-state index contributed by atoms with van der Waals surface area (Å²) in [6.45, 7) is 7.84. The molecule has 0 bridgehead atoms. The molecule has 186 valence electrons. The van der Waals surface area contributed by atoms with Crippen molar-refractivity contribution in [3.63, 3.8) is 0 Å². The monoisotopic (exact) mass is 551 g/mol. The number of rotatable bonds is 10. The van der Waals surface area contributed by atoms with Crippen LogP contribution in [0.1, 0.15) is 46.1 Å². The summed E-state index contributed by atoms with van der Waals surface area (Å²) in [6.07, 6.45) is 0.458. The molecule has 0 aliphatic heterocycles. The molecule has 0 heterocycles. The molecule has 0 aliphatic carbocycles. The number of nitrogens with one attached hydrogen (secondary N) is 1. The van der Waals surface area contributed by atoms with Gasteiger partial charge in [-0.1, -0.05) is 46.3 Å². The van der Waals surface area contributed by atoms with Crippen molar-refractivity contribution in [1.82, 2.24) is 14.5 Å². The van der Waals surface area contributed by atoms with E-state index in [1.165, 1.54) is 11.4 Å². The van der Waals surface area contributed by atoms with Crippen molar-refractivity contribution in [2.45, 2.75) is 63.6 Å². The van der Waals surface area contributed by atoms with E-state index in [0.29, 0.717) is 6.42 Å². The number of amides is 2. The molecule has 0 unspecified atom stereocenters. The van der Waals surface area contributed by atoms with Crippen LogP contribution in [0, 0.1) is 0 Å². The second kappa shape index (κ2) is 12.0. The molecule has 34 heavy (non-hydrogen) atoms. The molecule has 0 fully saturated rings. The quantitative estimate of drug-likeness (QED) is 0.479. The van der Waals surface area contributed by atoms with Crippen LogP contribution in [-0.4, -0.2) is 54.6 Å². The largest absolute Gasteiger partial charge is 0.350 e. The van der Waals surface area contributed by atoms with Crippen LogP contribution in [0.4, 0.5) is 0 Å². The molecule has 1 N–H and O–H groups in total.